The van der Waals surface area contributed by atoms with E-state index in [2.05, 4.69) is 18.7 Å². The van der Waals surface area contributed by atoms with Gasteiger partial charge in [-0.1, -0.05) is 32.1 Å². The van der Waals surface area contributed by atoms with E-state index in [0.717, 1.165) is 36.3 Å². The predicted molar refractivity (Wildman–Crippen MR) is 162 cm³/mol. The number of aliphatic hydroxyl groups excluding tert-OH is 3. The topological polar surface area (TPSA) is 174 Å². The standard InChI is InChI=1S/C33H41N3O8/c1-6-36(7-2)15-16-8-11-23(44-5)19(12-16)18-9-10-22(37)25-20(18)13-17-14-21-27(35(3)4)29(39)26(32(34)42)31(41)33(21,43)30(40)24(17)28(25)38/h8-12,17,21-22,25,27,37,39-40,43H,6-7,13-15H2,1-5H3,(H2,34,42)/t17-,21-,22?,25?,27+,33-/m0/s1. The monoisotopic (exact) mass is 607 g/mol. The van der Waals surface area contributed by atoms with Crippen molar-refractivity contribution in [2.75, 3.05) is 34.3 Å². The zero-order chi connectivity index (χ0) is 32.2. The summed E-state index contributed by atoms with van der Waals surface area (Å²) in [6.07, 6.45) is 2.38. The molecule has 0 aliphatic heterocycles. The van der Waals surface area contributed by atoms with Crippen molar-refractivity contribution in [1.82, 2.24) is 9.80 Å². The molecule has 0 saturated heterocycles. The summed E-state index contributed by atoms with van der Waals surface area (Å²) < 4.78 is 5.72. The number of carbonyl (C=O) groups excluding carboxylic acids is 3. The number of hydrogen-bond acceptors (Lipinski definition) is 10. The fraction of sp³-hybridized carbons (Fsp3) is 0.485. The van der Waals surface area contributed by atoms with Gasteiger partial charge in [0.15, 0.2) is 11.4 Å². The number of ketones is 2. The minimum Gasteiger partial charge on any atom is -0.510 e. The lowest BCUT2D eigenvalue weighted by molar-refractivity contribution is -0.149. The van der Waals surface area contributed by atoms with Gasteiger partial charge in [-0.25, -0.2) is 0 Å². The number of ether oxygens (including phenoxy) is 1. The molecule has 0 heterocycles. The molecule has 11 nitrogen and oxygen atoms in total. The molecule has 4 aliphatic carbocycles. The van der Waals surface area contributed by atoms with Crippen molar-refractivity contribution < 1.29 is 39.5 Å². The minimum atomic E-state index is -2.66. The largest absolute Gasteiger partial charge is 0.510 e. The number of nitrogens with zero attached hydrogens (tertiary/aromatic N) is 2. The fourth-order valence-corrected chi connectivity index (χ4v) is 7.60. The molecule has 6 atom stereocenters. The number of primary amides is 1. The number of methoxy groups -OCH3 is 1. The highest BCUT2D eigenvalue weighted by atomic mass is 16.5. The summed E-state index contributed by atoms with van der Waals surface area (Å²) in [5.74, 6) is -6.74. The average molecular weight is 608 g/mol. The normalized spacial score (nSPS) is 30.2. The number of carbonyl (C=O) groups is 3. The molecule has 1 aromatic rings. The van der Waals surface area contributed by atoms with E-state index in [1.165, 1.54) is 11.0 Å². The first-order chi connectivity index (χ1) is 20.8. The Balaban J connectivity index is 1.66. The summed E-state index contributed by atoms with van der Waals surface area (Å²) in [4.78, 5) is 43.7. The Morgan fingerprint density at radius 3 is 2.43 bits per heavy atom. The average Bonchev–Trinajstić information content (AvgIpc) is 2.97. The highest BCUT2D eigenvalue weighted by molar-refractivity contribution is 6.24. The van der Waals surface area contributed by atoms with Crippen LogP contribution in [0.2, 0.25) is 0 Å². The van der Waals surface area contributed by atoms with Gasteiger partial charge in [-0.3, -0.25) is 24.2 Å². The number of allylic oxidation sites excluding steroid dienone is 3. The maximum Gasteiger partial charge on any atom is 0.255 e. The first-order valence-corrected chi connectivity index (χ1v) is 14.9. The van der Waals surface area contributed by atoms with E-state index in [-0.39, 0.29) is 18.4 Å². The quantitative estimate of drug-likeness (QED) is 0.274. The third kappa shape index (κ3) is 4.70. The van der Waals surface area contributed by atoms with Crippen LogP contribution in [0.25, 0.3) is 5.57 Å². The number of likely N-dealkylation sites (N-methyl/N-ethyl adjacent to an activating group) is 1. The number of Topliss-reactive ketones (excluding diaryl/α,β-unsaturated/α-hetero) is 2. The number of aliphatic hydroxyl groups is 4. The van der Waals surface area contributed by atoms with Gasteiger partial charge >= 0.3 is 0 Å². The van der Waals surface area contributed by atoms with Gasteiger partial charge in [-0.15, -0.1) is 0 Å². The van der Waals surface area contributed by atoms with Gasteiger partial charge in [0, 0.05) is 23.6 Å². The third-order valence-corrected chi connectivity index (χ3v) is 9.78. The lowest BCUT2D eigenvalue weighted by Crippen LogP contribution is -2.64. The van der Waals surface area contributed by atoms with Crippen LogP contribution in [0.15, 0.2) is 58.6 Å². The lowest BCUT2D eigenvalue weighted by Gasteiger charge is -2.51. The lowest BCUT2D eigenvalue weighted by atomic mass is 9.56. The van der Waals surface area contributed by atoms with Crippen LogP contribution in [0.1, 0.15) is 37.8 Å². The molecule has 0 aromatic heterocycles. The van der Waals surface area contributed by atoms with Crippen LogP contribution in [0.5, 0.6) is 5.75 Å². The number of fused-ring (bicyclic) bond motifs is 3. The van der Waals surface area contributed by atoms with Crippen molar-refractivity contribution in [2.24, 2.45) is 23.5 Å². The van der Waals surface area contributed by atoms with Crippen LogP contribution < -0.4 is 10.5 Å². The Bertz CT molecular complexity index is 1530. The summed E-state index contributed by atoms with van der Waals surface area (Å²) in [6.45, 7) is 6.67. The predicted octanol–water partition coefficient (Wildman–Crippen LogP) is 1.80. The second kappa shape index (κ2) is 11.6. The smallest absolute Gasteiger partial charge is 0.255 e. The minimum absolute atomic E-state index is 0.0365. The Labute approximate surface area is 256 Å². The molecule has 6 N–H and O–H groups in total. The molecular weight excluding hydrogens is 566 g/mol. The zero-order valence-corrected chi connectivity index (χ0v) is 25.7. The van der Waals surface area contributed by atoms with Gasteiger partial charge in [0.05, 0.1) is 25.2 Å². The summed E-state index contributed by atoms with van der Waals surface area (Å²) in [5.41, 5.74) is 5.02. The molecule has 5 rings (SSSR count). The fourth-order valence-electron chi connectivity index (χ4n) is 7.60. The summed E-state index contributed by atoms with van der Waals surface area (Å²) in [5, 5.41) is 45.5. The van der Waals surface area contributed by atoms with Crippen LogP contribution in [0.3, 0.4) is 0 Å². The Morgan fingerprint density at radius 2 is 1.84 bits per heavy atom. The highest BCUT2D eigenvalue weighted by Crippen LogP contribution is 2.55. The molecule has 1 aromatic carbocycles. The van der Waals surface area contributed by atoms with Gasteiger partial charge in [0.25, 0.3) is 5.91 Å². The van der Waals surface area contributed by atoms with E-state index in [9.17, 15) is 34.8 Å². The van der Waals surface area contributed by atoms with Crippen molar-refractivity contribution in [3.63, 3.8) is 0 Å². The van der Waals surface area contributed by atoms with Crippen LogP contribution in [0.4, 0.5) is 0 Å². The molecular formula is C33H41N3O8. The maximum absolute atomic E-state index is 14.2. The second-order valence-electron chi connectivity index (χ2n) is 12.3. The molecule has 0 spiro atoms. The zero-order valence-electron chi connectivity index (χ0n) is 25.7. The second-order valence-corrected chi connectivity index (χ2v) is 12.3. The summed E-state index contributed by atoms with van der Waals surface area (Å²) in [7, 11) is 4.78. The number of rotatable bonds is 8. The van der Waals surface area contributed by atoms with E-state index in [4.69, 9.17) is 10.5 Å². The molecule has 4 aliphatic rings. The van der Waals surface area contributed by atoms with Gasteiger partial charge in [-0.2, -0.15) is 0 Å². The number of benzene rings is 1. The van der Waals surface area contributed by atoms with Crippen LogP contribution >= 0.6 is 0 Å². The Morgan fingerprint density at radius 1 is 1.16 bits per heavy atom. The Hall–Kier alpha value is -3.77. The van der Waals surface area contributed by atoms with Gasteiger partial charge in [0.2, 0.25) is 5.78 Å². The summed E-state index contributed by atoms with van der Waals surface area (Å²) >= 11 is 0. The van der Waals surface area contributed by atoms with Crippen molar-refractivity contribution in [3.05, 3.63) is 69.7 Å². The third-order valence-electron chi connectivity index (χ3n) is 9.78. The van der Waals surface area contributed by atoms with Crippen LogP contribution in [-0.2, 0) is 20.9 Å². The van der Waals surface area contributed by atoms with Gasteiger partial charge in [-0.05, 0) is 74.8 Å². The van der Waals surface area contributed by atoms with Crippen LogP contribution in [0, 0.1) is 17.8 Å². The molecule has 44 heavy (non-hydrogen) atoms. The van der Waals surface area contributed by atoms with Gasteiger partial charge < -0.3 is 30.9 Å². The highest BCUT2D eigenvalue weighted by Gasteiger charge is 2.64. The first kappa shape index (κ1) is 31.6. The van der Waals surface area contributed by atoms with Gasteiger partial charge in [0.1, 0.15) is 22.8 Å². The van der Waals surface area contributed by atoms with Crippen LogP contribution in [-0.4, -0.2) is 99.7 Å². The molecule has 2 unspecified atom stereocenters. The Kier molecular flexibility index (Phi) is 8.36. The van der Waals surface area contributed by atoms with Crippen molar-refractivity contribution in [1.29, 1.82) is 0 Å². The van der Waals surface area contributed by atoms with Crippen molar-refractivity contribution in [2.45, 2.75) is 51.0 Å². The summed E-state index contributed by atoms with van der Waals surface area (Å²) in [6, 6.07) is 4.87. The van der Waals surface area contributed by atoms with Crippen molar-refractivity contribution in [3.8, 4) is 5.75 Å². The molecule has 0 radical (unpaired) electrons. The number of hydrogen-bond donors (Lipinski definition) is 5. The molecule has 1 saturated carbocycles. The number of amides is 1. The van der Waals surface area contributed by atoms with E-state index in [1.807, 2.05) is 18.2 Å². The SMILES string of the molecule is CCN(CC)Cc1ccc(OC)c(C2=C3C[C@H]4C[C@H]5[C@@H](N(C)C)C(O)=C(C(N)=O)C(=O)[C@@]5(O)C(O)=C4C(=O)C3C(O)C=C2)c1. The molecule has 1 amide bonds. The molecule has 1 fully saturated rings. The van der Waals surface area contributed by atoms with E-state index in [1.54, 1.807) is 27.3 Å². The number of nitrogens with two attached hydrogens (primary N) is 1. The van der Waals surface area contributed by atoms with E-state index in [0.29, 0.717) is 11.3 Å². The molecule has 11 heteroatoms. The maximum atomic E-state index is 14.2. The molecule has 236 valence electrons. The first-order valence-electron chi connectivity index (χ1n) is 14.9. The van der Waals surface area contributed by atoms with E-state index < -0.39 is 70.1 Å². The molecule has 0 bridgehead atoms. The van der Waals surface area contributed by atoms with E-state index >= 15 is 0 Å². The van der Waals surface area contributed by atoms with Crippen molar-refractivity contribution >= 4 is 23.0 Å².